The lowest BCUT2D eigenvalue weighted by Crippen LogP contribution is -2.10. The van der Waals surface area contributed by atoms with E-state index in [0.29, 0.717) is 12.5 Å². The molecule has 0 saturated heterocycles. The van der Waals surface area contributed by atoms with Gasteiger partial charge in [-0.15, -0.1) is 0 Å². The van der Waals surface area contributed by atoms with Gasteiger partial charge in [-0.05, 0) is 36.3 Å². The Morgan fingerprint density at radius 3 is 2.72 bits per heavy atom. The van der Waals surface area contributed by atoms with Crippen molar-refractivity contribution in [2.45, 2.75) is 12.3 Å². The molecule has 0 heterocycles. The molecule has 1 aromatic carbocycles. The Balaban J connectivity index is 1.84. The third-order valence-electron chi connectivity index (χ3n) is 3.17. The molecule has 98 valence electrons. The SMILES string of the molecule is COc1ccc([C@H]2C[C@@H]2C(=O)OCCSC)cc1. The first kappa shape index (κ1) is 13.3. The molecule has 0 unspecified atom stereocenters. The molecule has 2 rings (SSSR count). The molecule has 0 spiro atoms. The predicted octanol–water partition coefficient (Wildman–Crippen LogP) is 2.70. The highest BCUT2D eigenvalue weighted by Gasteiger charge is 2.45. The van der Waals surface area contributed by atoms with Gasteiger partial charge in [0.2, 0.25) is 0 Å². The van der Waals surface area contributed by atoms with Crippen LogP contribution in [0.25, 0.3) is 0 Å². The summed E-state index contributed by atoms with van der Waals surface area (Å²) in [5.41, 5.74) is 1.20. The van der Waals surface area contributed by atoms with E-state index in [1.807, 2.05) is 30.5 Å². The van der Waals surface area contributed by atoms with Crippen LogP contribution in [-0.4, -0.2) is 31.7 Å². The van der Waals surface area contributed by atoms with Crippen LogP contribution in [-0.2, 0) is 9.53 Å². The van der Waals surface area contributed by atoms with Gasteiger partial charge in [0, 0.05) is 5.75 Å². The molecule has 18 heavy (non-hydrogen) atoms. The fourth-order valence-electron chi connectivity index (χ4n) is 2.01. The van der Waals surface area contributed by atoms with Crippen molar-refractivity contribution >= 4 is 17.7 Å². The third-order valence-corrected chi connectivity index (χ3v) is 3.74. The highest BCUT2D eigenvalue weighted by atomic mass is 32.2. The lowest BCUT2D eigenvalue weighted by molar-refractivity contribution is -0.144. The van der Waals surface area contributed by atoms with Crippen LogP contribution in [0.2, 0.25) is 0 Å². The third kappa shape index (κ3) is 3.19. The number of thioether (sulfide) groups is 1. The molecule has 4 heteroatoms. The van der Waals surface area contributed by atoms with Crippen LogP contribution >= 0.6 is 11.8 Å². The fourth-order valence-corrected chi connectivity index (χ4v) is 2.26. The molecule has 0 bridgehead atoms. The second-order valence-corrected chi connectivity index (χ2v) is 5.37. The number of benzene rings is 1. The van der Waals surface area contributed by atoms with Gasteiger partial charge in [0.25, 0.3) is 0 Å². The highest BCUT2D eigenvalue weighted by molar-refractivity contribution is 7.98. The Kier molecular flexibility index (Phi) is 4.53. The van der Waals surface area contributed by atoms with Gasteiger partial charge in [-0.2, -0.15) is 11.8 Å². The molecular weight excluding hydrogens is 248 g/mol. The average molecular weight is 266 g/mol. The number of ether oxygens (including phenoxy) is 2. The van der Waals surface area contributed by atoms with Crippen molar-refractivity contribution in [3.8, 4) is 5.75 Å². The molecule has 1 fully saturated rings. The zero-order chi connectivity index (χ0) is 13.0. The van der Waals surface area contributed by atoms with Crippen LogP contribution in [0.4, 0.5) is 0 Å². The maximum atomic E-state index is 11.7. The van der Waals surface area contributed by atoms with E-state index in [-0.39, 0.29) is 11.9 Å². The Morgan fingerprint density at radius 1 is 1.39 bits per heavy atom. The van der Waals surface area contributed by atoms with E-state index in [1.165, 1.54) is 5.56 Å². The summed E-state index contributed by atoms with van der Waals surface area (Å²) >= 11 is 1.69. The van der Waals surface area contributed by atoms with Gasteiger partial charge in [0.1, 0.15) is 12.4 Å². The summed E-state index contributed by atoms with van der Waals surface area (Å²) in [4.78, 5) is 11.7. The van der Waals surface area contributed by atoms with Crippen molar-refractivity contribution in [2.24, 2.45) is 5.92 Å². The van der Waals surface area contributed by atoms with Gasteiger partial charge in [-0.25, -0.2) is 0 Å². The lowest BCUT2D eigenvalue weighted by Gasteiger charge is -2.04. The molecule has 1 aromatic rings. The van der Waals surface area contributed by atoms with Gasteiger partial charge in [-0.1, -0.05) is 12.1 Å². The first-order valence-corrected chi connectivity index (χ1v) is 7.45. The van der Waals surface area contributed by atoms with Crippen LogP contribution in [0.1, 0.15) is 17.9 Å². The summed E-state index contributed by atoms with van der Waals surface area (Å²) in [7, 11) is 1.65. The van der Waals surface area contributed by atoms with Crippen LogP contribution < -0.4 is 4.74 Å². The topological polar surface area (TPSA) is 35.5 Å². The monoisotopic (exact) mass is 266 g/mol. The van der Waals surface area contributed by atoms with Gasteiger partial charge in [0.05, 0.1) is 13.0 Å². The number of hydrogen-bond acceptors (Lipinski definition) is 4. The maximum absolute atomic E-state index is 11.7. The summed E-state index contributed by atoms with van der Waals surface area (Å²) in [6.07, 6.45) is 2.91. The number of carbonyl (C=O) groups is 1. The van der Waals surface area contributed by atoms with E-state index in [9.17, 15) is 4.79 Å². The van der Waals surface area contributed by atoms with Crippen molar-refractivity contribution in [3.05, 3.63) is 29.8 Å². The van der Waals surface area contributed by atoms with E-state index in [2.05, 4.69) is 0 Å². The lowest BCUT2D eigenvalue weighted by atomic mass is 10.1. The first-order valence-electron chi connectivity index (χ1n) is 6.05. The van der Waals surface area contributed by atoms with E-state index in [0.717, 1.165) is 17.9 Å². The number of methoxy groups -OCH3 is 1. The van der Waals surface area contributed by atoms with E-state index in [4.69, 9.17) is 9.47 Å². The number of rotatable bonds is 6. The molecule has 2 atom stereocenters. The standard InChI is InChI=1S/C14H18O3S/c1-16-11-5-3-10(4-6-11)12-9-13(12)14(15)17-7-8-18-2/h3-6,12-13H,7-9H2,1-2H3/t12-,13+/m1/s1. The molecule has 3 nitrogen and oxygen atoms in total. The van der Waals surface area contributed by atoms with Crippen molar-refractivity contribution in [2.75, 3.05) is 25.7 Å². The van der Waals surface area contributed by atoms with Gasteiger partial charge < -0.3 is 9.47 Å². The van der Waals surface area contributed by atoms with E-state index < -0.39 is 0 Å². The van der Waals surface area contributed by atoms with Crippen molar-refractivity contribution < 1.29 is 14.3 Å². The Morgan fingerprint density at radius 2 is 2.11 bits per heavy atom. The Bertz CT molecular complexity index is 402. The summed E-state index contributed by atoms with van der Waals surface area (Å²) in [6, 6.07) is 7.92. The molecule has 0 aromatic heterocycles. The smallest absolute Gasteiger partial charge is 0.309 e. The highest BCUT2D eigenvalue weighted by Crippen LogP contribution is 2.48. The van der Waals surface area contributed by atoms with Crippen LogP contribution in [0.3, 0.4) is 0 Å². The molecule has 1 aliphatic rings. The zero-order valence-corrected chi connectivity index (χ0v) is 11.5. The quantitative estimate of drug-likeness (QED) is 0.586. The minimum atomic E-state index is -0.0510. The molecule has 1 saturated carbocycles. The summed E-state index contributed by atoms with van der Waals surface area (Å²) < 4.78 is 10.3. The minimum absolute atomic E-state index is 0.0510. The van der Waals surface area contributed by atoms with Crippen LogP contribution in [0.5, 0.6) is 5.75 Å². The molecule has 0 aliphatic heterocycles. The summed E-state index contributed by atoms with van der Waals surface area (Å²) in [5, 5.41) is 0. The predicted molar refractivity (Wildman–Crippen MR) is 73.2 cm³/mol. The number of hydrogen-bond donors (Lipinski definition) is 0. The van der Waals surface area contributed by atoms with Crippen molar-refractivity contribution in [1.29, 1.82) is 0 Å². The minimum Gasteiger partial charge on any atom is -0.497 e. The zero-order valence-electron chi connectivity index (χ0n) is 10.7. The molecule has 0 N–H and O–H groups in total. The second kappa shape index (κ2) is 6.14. The largest absolute Gasteiger partial charge is 0.497 e. The normalized spacial score (nSPS) is 21.4. The Labute approximate surface area is 112 Å². The Hall–Kier alpha value is -1.16. The second-order valence-electron chi connectivity index (χ2n) is 4.38. The van der Waals surface area contributed by atoms with E-state index >= 15 is 0 Å². The number of carbonyl (C=O) groups excluding carboxylic acids is 1. The molecular formula is C14H18O3S. The van der Waals surface area contributed by atoms with Crippen molar-refractivity contribution in [3.63, 3.8) is 0 Å². The van der Waals surface area contributed by atoms with E-state index in [1.54, 1.807) is 18.9 Å². The first-order chi connectivity index (χ1) is 8.76. The van der Waals surface area contributed by atoms with Crippen LogP contribution in [0.15, 0.2) is 24.3 Å². The summed E-state index contributed by atoms with van der Waals surface area (Å²) in [6.45, 7) is 0.520. The average Bonchev–Trinajstić information content (AvgIpc) is 3.19. The molecule has 0 radical (unpaired) electrons. The van der Waals surface area contributed by atoms with Crippen LogP contribution in [0, 0.1) is 5.92 Å². The van der Waals surface area contributed by atoms with Gasteiger partial charge in [0.15, 0.2) is 0 Å². The summed E-state index contributed by atoms with van der Waals surface area (Å²) in [5.74, 6) is 2.05. The van der Waals surface area contributed by atoms with Gasteiger partial charge >= 0.3 is 5.97 Å². The fraction of sp³-hybridized carbons (Fsp3) is 0.500. The van der Waals surface area contributed by atoms with Gasteiger partial charge in [-0.3, -0.25) is 4.79 Å². The molecule has 0 amide bonds. The number of esters is 1. The maximum Gasteiger partial charge on any atom is 0.309 e. The van der Waals surface area contributed by atoms with Crippen molar-refractivity contribution in [1.82, 2.24) is 0 Å². The molecule has 1 aliphatic carbocycles.